The topological polar surface area (TPSA) is 101 Å². The second kappa shape index (κ2) is 9.93. The van der Waals surface area contributed by atoms with Crippen molar-refractivity contribution in [3.63, 3.8) is 0 Å². The largest absolute Gasteiger partial charge is 0.348 e. The van der Waals surface area contributed by atoms with E-state index in [2.05, 4.69) is 10.6 Å². The van der Waals surface area contributed by atoms with Crippen molar-refractivity contribution in [2.24, 2.45) is 0 Å². The van der Waals surface area contributed by atoms with E-state index in [-0.39, 0.29) is 23.7 Å². The molecule has 2 N–H and O–H groups in total. The zero-order valence-electron chi connectivity index (χ0n) is 16.2. The standard InChI is InChI=1S/C23H18FN3O4/c24-19-7-3-6-18(14-19)23(29)26-20-8-1-5-17(12-20)15-25-22(28)11-10-16-4-2-9-21(13-16)27(30)31/h1-14H,15H2,(H,25,28)(H,26,29). The fourth-order valence-corrected chi connectivity index (χ4v) is 2.75. The molecule has 0 aliphatic heterocycles. The molecule has 0 saturated carbocycles. The van der Waals surface area contributed by atoms with Gasteiger partial charge in [0.05, 0.1) is 4.92 Å². The van der Waals surface area contributed by atoms with Crippen LogP contribution in [0.5, 0.6) is 0 Å². The number of carbonyl (C=O) groups excluding carboxylic acids is 2. The van der Waals surface area contributed by atoms with Crippen molar-refractivity contribution in [3.05, 3.63) is 111 Å². The van der Waals surface area contributed by atoms with Gasteiger partial charge < -0.3 is 10.6 Å². The van der Waals surface area contributed by atoms with Crippen molar-refractivity contribution in [1.82, 2.24) is 5.32 Å². The number of hydrogen-bond acceptors (Lipinski definition) is 4. The smallest absolute Gasteiger partial charge is 0.270 e. The Morgan fingerprint density at radius 1 is 1.00 bits per heavy atom. The third kappa shape index (κ3) is 6.33. The van der Waals surface area contributed by atoms with Gasteiger partial charge in [-0.1, -0.05) is 30.3 Å². The Labute approximate surface area is 177 Å². The highest BCUT2D eigenvalue weighted by Crippen LogP contribution is 2.15. The molecule has 0 radical (unpaired) electrons. The van der Waals surface area contributed by atoms with Gasteiger partial charge in [0.1, 0.15) is 5.82 Å². The first-order valence-electron chi connectivity index (χ1n) is 9.27. The first-order valence-corrected chi connectivity index (χ1v) is 9.27. The summed E-state index contributed by atoms with van der Waals surface area (Å²) in [5.74, 6) is -1.32. The molecule has 0 atom stereocenters. The lowest BCUT2D eigenvalue weighted by molar-refractivity contribution is -0.384. The second-order valence-corrected chi connectivity index (χ2v) is 6.57. The lowest BCUT2D eigenvalue weighted by Crippen LogP contribution is -2.20. The third-order valence-electron chi connectivity index (χ3n) is 4.25. The van der Waals surface area contributed by atoms with E-state index in [9.17, 15) is 24.1 Å². The van der Waals surface area contributed by atoms with Crippen LogP contribution in [0.25, 0.3) is 6.08 Å². The van der Waals surface area contributed by atoms with Crippen LogP contribution in [-0.2, 0) is 11.3 Å². The van der Waals surface area contributed by atoms with E-state index < -0.39 is 16.6 Å². The minimum atomic E-state index is -0.503. The number of amides is 2. The van der Waals surface area contributed by atoms with E-state index >= 15 is 0 Å². The SMILES string of the molecule is O=C(C=Cc1cccc([N+](=O)[O-])c1)NCc1cccc(NC(=O)c2cccc(F)c2)c1. The predicted molar refractivity (Wildman–Crippen MR) is 115 cm³/mol. The molecule has 8 heteroatoms. The normalized spacial score (nSPS) is 10.6. The summed E-state index contributed by atoms with van der Waals surface area (Å²) in [6, 6.07) is 18.2. The highest BCUT2D eigenvalue weighted by atomic mass is 19.1. The minimum absolute atomic E-state index is 0.0559. The molecule has 31 heavy (non-hydrogen) atoms. The van der Waals surface area contributed by atoms with Gasteiger partial charge in [0, 0.05) is 36.0 Å². The Hall–Kier alpha value is -4.33. The Morgan fingerprint density at radius 2 is 1.77 bits per heavy atom. The summed E-state index contributed by atoms with van der Waals surface area (Å²) < 4.78 is 13.3. The van der Waals surface area contributed by atoms with Gasteiger partial charge in [-0.25, -0.2) is 4.39 Å². The molecule has 0 fully saturated rings. The maximum absolute atomic E-state index is 13.3. The number of halogens is 1. The van der Waals surface area contributed by atoms with Crippen molar-refractivity contribution < 1.29 is 18.9 Å². The van der Waals surface area contributed by atoms with Crippen molar-refractivity contribution in [3.8, 4) is 0 Å². The van der Waals surface area contributed by atoms with Crippen LogP contribution in [0, 0.1) is 15.9 Å². The Morgan fingerprint density at radius 3 is 2.55 bits per heavy atom. The van der Waals surface area contributed by atoms with Gasteiger partial charge in [0.25, 0.3) is 11.6 Å². The van der Waals surface area contributed by atoms with Gasteiger partial charge in [-0.15, -0.1) is 0 Å². The van der Waals surface area contributed by atoms with Crippen LogP contribution in [0.15, 0.2) is 78.9 Å². The van der Waals surface area contributed by atoms with Crippen LogP contribution in [0.3, 0.4) is 0 Å². The number of rotatable bonds is 7. The van der Waals surface area contributed by atoms with Crippen molar-refractivity contribution >= 4 is 29.3 Å². The van der Waals surface area contributed by atoms with Crippen LogP contribution in [-0.4, -0.2) is 16.7 Å². The van der Waals surface area contributed by atoms with Crippen LogP contribution in [0.2, 0.25) is 0 Å². The maximum Gasteiger partial charge on any atom is 0.270 e. The summed E-state index contributed by atoms with van der Waals surface area (Å²) in [5, 5.41) is 16.2. The molecular formula is C23H18FN3O4. The fraction of sp³-hybridized carbons (Fsp3) is 0.0435. The Kier molecular flexibility index (Phi) is 6.85. The van der Waals surface area contributed by atoms with Gasteiger partial charge in [0.15, 0.2) is 0 Å². The molecule has 0 bridgehead atoms. The lowest BCUT2D eigenvalue weighted by Gasteiger charge is -2.08. The summed E-state index contributed by atoms with van der Waals surface area (Å²) in [6.07, 6.45) is 2.77. The Balaban J connectivity index is 1.57. The summed E-state index contributed by atoms with van der Waals surface area (Å²) in [6.45, 7) is 0.210. The van der Waals surface area contributed by atoms with Gasteiger partial charge in [0.2, 0.25) is 5.91 Å². The number of anilines is 1. The van der Waals surface area contributed by atoms with E-state index in [1.165, 1.54) is 42.5 Å². The summed E-state index contributed by atoms with van der Waals surface area (Å²) in [5.41, 5.74) is 1.93. The molecule has 3 rings (SSSR count). The molecule has 0 heterocycles. The molecule has 3 aromatic carbocycles. The van der Waals surface area contributed by atoms with E-state index in [1.807, 2.05) is 0 Å². The maximum atomic E-state index is 13.3. The number of nitro benzene ring substituents is 1. The molecule has 0 aromatic heterocycles. The highest BCUT2D eigenvalue weighted by molar-refractivity contribution is 6.04. The molecule has 0 saturated heterocycles. The number of nitrogens with zero attached hydrogens (tertiary/aromatic N) is 1. The van der Waals surface area contributed by atoms with E-state index in [0.29, 0.717) is 11.3 Å². The van der Waals surface area contributed by atoms with Gasteiger partial charge in [-0.3, -0.25) is 19.7 Å². The van der Waals surface area contributed by atoms with Gasteiger partial charge in [-0.05, 0) is 47.5 Å². The first kappa shape index (κ1) is 21.4. The van der Waals surface area contributed by atoms with Gasteiger partial charge in [-0.2, -0.15) is 0 Å². The summed E-state index contributed by atoms with van der Waals surface area (Å²) >= 11 is 0. The number of benzene rings is 3. The Bertz CT molecular complexity index is 1160. The predicted octanol–water partition coefficient (Wildman–Crippen LogP) is 4.32. The molecule has 0 aliphatic rings. The third-order valence-corrected chi connectivity index (χ3v) is 4.25. The summed E-state index contributed by atoms with van der Waals surface area (Å²) in [4.78, 5) is 34.6. The monoisotopic (exact) mass is 419 g/mol. The molecule has 0 spiro atoms. The van der Waals surface area contributed by atoms with Crippen molar-refractivity contribution in [2.75, 3.05) is 5.32 Å². The zero-order valence-corrected chi connectivity index (χ0v) is 16.2. The van der Waals surface area contributed by atoms with Crippen molar-refractivity contribution in [1.29, 1.82) is 0 Å². The molecular weight excluding hydrogens is 401 g/mol. The first-order chi connectivity index (χ1) is 14.9. The van der Waals surface area contributed by atoms with Crippen LogP contribution in [0.1, 0.15) is 21.5 Å². The second-order valence-electron chi connectivity index (χ2n) is 6.57. The molecule has 7 nitrogen and oxygen atoms in total. The van der Waals surface area contributed by atoms with Crippen LogP contribution in [0.4, 0.5) is 15.8 Å². The molecule has 156 valence electrons. The van der Waals surface area contributed by atoms with E-state index in [4.69, 9.17) is 0 Å². The van der Waals surface area contributed by atoms with Gasteiger partial charge >= 0.3 is 0 Å². The lowest BCUT2D eigenvalue weighted by atomic mass is 10.1. The number of carbonyl (C=O) groups is 2. The average molecular weight is 419 g/mol. The molecule has 0 aliphatic carbocycles. The quantitative estimate of drug-likeness (QED) is 0.338. The van der Waals surface area contributed by atoms with Crippen LogP contribution >= 0.6 is 0 Å². The molecule has 3 aromatic rings. The average Bonchev–Trinajstić information content (AvgIpc) is 2.76. The van der Waals surface area contributed by atoms with Crippen molar-refractivity contribution in [2.45, 2.75) is 6.54 Å². The van der Waals surface area contributed by atoms with E-state index in [1.54, 1.807) is 36.4 Å². The zero-order chi connectivity index (χ0) is 22.2. The number of non-ortho nitro benzene ring substituents is 1. The summed E-state index contributed by atoms with van der Waals surface area (Å²) in [7, 11) is 0. The number of nitro groups is 1. The highest BCUT2D eigenvalue weighted by Gasteiger charge is 2.08. The molecule has 2 amide bonds. The van der Waals surface area contributed by atoms with E-state index in [0.717, 1.165) is 11.6 Å². The van der Waals surface area contributed by atoms with Crippen LogP contribution < -0.4 is 10.6 Å². The number of hydrogen-bond donors (Lipinski definition) is 2. The minimum Gasteiger partial charge on any atom is -0.348 e. The molecule has 0 unspecified atom stereocenters. The number of nitrogens with one attached hydrogen (secondary N) is 2. The fourth-order valence-electron chi connectivity index (χ4n) is 2.75.